The summed E-state index contributed by atoms with van der Waals surface area (Å²) in [5.74, 6) is 0.917. The van der Waals surface area contributed by atoms with Gasteiger partial charge < -0.3 is 4.42 Å². The average Bonchev–Trinajstić information content (AvgIpc) is 3.40. The van der Waals surface area contributed by atoms with Crippen LogP contribution >= 0.6 is 22.9 Å². The van der Waals surface area contributed by atoms with E-state index in [-0.39, 0.29) is 5.69 Å². The van der Waals surface area contributed by atoms with Crippen molar-refractivity contribution >= 4 is 38.8 Å². The maximum absolute atomic E-state index is 13.3. The molecule has 0 saturated carbocycles. The molecule has 0 amide bonds. The number of aryl methyl sites for hydroxylation is 2. The van der Waals surface area contributed by atoms with Gasteiger partial charge in [-0.2, -0.15) is 4.52 Å². The zero-order valence-electron chi connectivity index (χ0n) is 15.1. The minimum absolute atomic E-state index is 0.256. The van der Waals surface area contributed by atoms with Gasteiger partial charge in [-0.15, -0.1) is 16.4 Å². The Balaban J connectivity index is 1.84. The second kappa shape index (κ2) is 6.32. The van der Waals surface area contributed by atoms with Gasteiger partial charge in [0.25, 0.3) is 0 Å². The summed E-state index contributed by atoms with van der Waals surface area (Å²) in [5.41, 5.74) is 2.26. The Bertz CT molecular complexity index is 1400. The number of rotatable bonds is 3. The normalized spacial score (nSPS) is 11.7. The molecule has 0 N–H and O–H groups in total. The van der Waals surface area contributed by atoms with E-state index in [9.17, 15) is 4.79 Å². The number of halogens is 1. The highest BCUT2D eigenvalue weighted by Gasteiger charge is 2.21. The number of fused-ring (bicyclic) bond motifs is 3. The summed E-state index contributed by atoms with van der Waals surface area (Å²) in [6, 6.07) is 11.1. The van der Waals surface area contributed by atoms with Crippen molar-refractivity contribution < 1.29 is 4.42 Å². The van der Waals surface area contributed by atoms with E-state index in [1.807, 2.05) is 38.1 Å². The molecule has 5 rings (SSSR count). The van der Waals surface area contributed by atoms with Crippen LogP contribution in [0, 0.1) is 13.8 Å². The van der Waals surface area contributed by atoms with Crippen LogP contribution in [0.4, 0.5) is 0 Å². The van der Waals surface area contributed by atoms with Crippen molar-refractivity contribution in [2.24, 2.45) is 0 Å². The maximum Gasteiger partial charge on any atom is 0.352 e. The third-order valence-corrected chi connectivity index (χ3v) is 6.48. The Morgan fingerprint density at radius 3 is 2.75 bits per heavy atom. The van der Waals surface area contributed by atoms with Crippen LogP contribution < -0.4 is 5.69 Å². The van der Waals surface area contributed by atoms with Crippen LogP contribution in [-0.4, -0.2) is 19.2 Å². The van der Waals surface area contributed by atoms with Crippen LogP contribution in [0.3, 0.4) is 0 Å². The van der Waals surface area contributed by atoms with Gasteiger partial charge in [-0.05, 0) is 43.2 Å². The van der Waals surface area contributed by atoms with Gasteiger partial charge in [-0.1, -0.05) is 29.8 Å². The standard InChI is InChI=1S/C20H15ClN4O2S/c1-11-12(2)28-19-16(11)18-22-17(15-8-5-9-27-15)23-25(18)20(26)24(19)10-13-6-3-4-7-14(13)21/h3-9H,10H2,1-2H3. The van der Waals surface area contributed by atoms with Crippen molar-refractivity contribution in [1.29, 1.82) is 0 Å². The van der Waals surface area contributed by atoms with Crippen LogP contribution in [0.2, 0.25) is 5.02 Å². The first-order valence-corrected chi connectivity index (χ1v) is 9.90. The van der Waals surface area contributed by atoms with Crippen molar-refractivity contribution in [1.82, 2.24) is 19.2 Å². The smallest absolute Gasteiger partial charge is 0.352 e. The summed E-state index contributed by atoms with van der Waals surface area (Å²) in [6.45, 7) is 4.45. The van der Waals surface area contributed by atoms with Gasteiger partial charge in [0, 0.05) is 9.90 Å². The quantitative estimate of drug-likeness (QED) is 0.433. The Labute approximate surface area is 168 Å². The number of thiophene rings is 1. The highest BCUT2D eigenvalue weighted by atomic mass is 35.5. The van der Waals surface area contributed by atoms with Gasteiger partial charge in [-0.3, -0.25) is 4.57 Å². The van der Waals surface area contributed by atoms with Gasteiger partial charge in [0.2, 0.25) is 5.82 Å². The SMILES string of the molecule is Cc1sc2c(c1C)c1nc(-c3ccco3)nn1c(=O)n2Cc1ccccc1Cl. The van der Waals surface area contributed by atoms with Gasteiger partial charge >= 0.3 is 5.69 Å². The van der Waals surface area contributed by atoms with Crippen LogP contribution in [-0.2, 0) is 6.54 Å². The van der Waals surface area contributed by atoms with Gasteiger partial charge in [-0.25, -0.2) is 9.78 Å². The minimum Gasteiger partial charge on any atom is -0.461 e. The van der Waals surface area contributed by atoms with E-state index in [4.69, 9.17) is 16.0 Å². The molecule has 4 aromatic heterocycles. The number of furan rings is 1. The van der Waals surface area contributed by atoms with Gasteiger partial charge in [0.1, 0.15) is 4.83 Å². The molecule has 0 aliphatic heterocycles. The van der Waals surface area contributed by atoms with Crippen LogP contribution in [0.5, 0.6) is 0 Å². The lowest BCUT2D eigenvalue weighted by Gasteiger charge is -2.09. The molecular formula is C20H15ClN4O2S. The lowest BCUT2D eigenvalue weighted by Crippen LogP contribution is -2.28. The molecule has 6 nitrogen and oxygen atoms in total. The third-order valence-electron chi connectivity index (χ3n) is 4.88. The van der Waals surface area contributed by atoms with E-state index >= 15 is 0 Å². The topological polar surface area (TPSA) is 65.3 Å². The molecule has 0 unspecified atom stereocenters. The van der Waals surface area contributed by atoms with Crippen LogP contribution in [0.1, 0.15) is 16.0 Å². The van der Waals surface area contributed by atoms with E-state index in [0.29, 0.717) is 28.8 Å². The number of nitrogens with zero attached hydrogens (tertiary/aromatic N) is 4. The molecule has 0 radical (unpaired) electrons. The Kier molecular flexibility index (Phi) is 3.89. The van der Waals surface area contributed by atoms with Gasteiger partial charge in [0.05, 0.1) is 18.2 Å². The highest BCUT2D eigenvalue weighted by Crippen LogP contribution is 2.33. The second-order valence-corrected chi connectivity index (χ2v) is 8.18. The molecule has 0 bridgehead atoms. The first-order valence-electron chi connectivity index (χ1n) is 8.71. The van der Waals surface area contributed by atoms with Gasteiger partial charge in [0.15, 0.2) is 11.4 Å². The molecular weight excluding hydrogens is 396 g/mol. The Hall–Kier alpha value is -2.90. The van der Waals surface area contributed by atoms with Crippen molar-refractivity contribution in [2.75, 3.05) is 0 Å². The predicted octanol–water partition coefficient (Wildman–Crippen LogP) is 4.68. The summed E-state index contributed by atoms with van der Waals surface area (Å²) in [7, 11) is 0. The zero-order chi connectivity index (χ0) is 19.4. The van der Waals surface area contributed by atoms with Crippen LogP contribution in [0.15, 0.2) is 51.9 Å². The van der Waals surface area contributed by atoms with Crippen molar-refractivity contribution in [3.05, 3.63) is 74.2 Å². The number of hydrogen-bond acceptors (Lipinski definition) is 5. The molecule has 0 aliphatic carbocycles. The predicted molar refractivity (Wildman–Crippen MR) is 110 cm³/mol. The van der Waals surface area contributed by atoms with Crippen LogP contribution in [0.25, 0.3) is 27.4 Å². The Morgan fingerprint density at radius 1 is 1.18 bits per heavy atom. The lowest BCUT2D eigenvalue weighted by molar-refractivity contribution is 0.576. The Morgan fingerprint density at radius 2 is 2.00 bits per heavy atom. The summed E-state index contributed by atoms with van der Waals surface area (Å²) in [4.78, 5) is 19.9. The molecule has 0 saturated heterocycles. The monoisotopic (exact) mass is 410 g/mol. The lowest BCUT2D eigenvalue weighted by atomic mass is 10.2. The summed E-state index contributed by atoms with van der Waals surface area (Å²) < 4.78 is 8.49. The molecule has 28 heavy (non-hydrogen) atoms. The molecule has 4 heterocycles. The molecule has 0 aliphatic rings. The van der Waals surface area contributed by atoms with E-state index < -0.39 is 0 Å². The van der Waals surface area contributed by atoms with E-state index in [2.05, 4.69) is 10.1 Å². The second-order valence-electron chi connectivity index (χ2n) is 6.57. The third kappa shape index (κ3) is 2.51. The number of benzene rings is 1. The first-order chi connectivity index (χ1) is 13.5. The fourth-order valence-electron chi connectivity index (χ4n) is 3.32. The summed E-state index contributed by atoms with van der Waals surface area (Å²) >= 11 is 7.93. The summed E-state index contributed by atoms with van der Waals surface area (Å²) in [5, 5.41) is 5.99. The largest absolute Gasteiger partial charge is 0.461 e. The zero-order valence-corrected chi connectivity index (χ0v) is 16.7. The van der Waals surface area contributed by atoms with E-state index in [0.717, 1.165) is 26.2 Å². The molecule has 0 atom stereocenters. The fourth-order valence-corrected chi connectivity index (χ4v) is 4.66. The minimum atomic E-state index is -0.256. The van der Waals surface area contributed by atoms with Crippen molar-refractivity contribution in [3.8, 4) is 11.6 Å². The van der Waals surface area contributed by atoms with Crippen molar-refractivity contribution in [2.45, 2.75) is 20.4 Å². The summed E-state index contributed by atoms with van der Waals surface area (Å²) in [6.07, 6.45) is 1.56. The molecule has 5 aromatic rings. The van der Waals surface area contributed by atoms with E-state index in [1.165, 1.54) is 4.52 Å². The fraction of sp³-hybridized carbons (Fsp3) is 0.150. The number of hydrogen-bond donors (Lipinski definition) is 0. The van der Waals surface area contributed by atoms with Crippen molar-refractivity contribution in [3.63, 3.8) is 0 Å². The number of aromatic nitrogens is 4. The molecule has 1 aromatic carbocycles. The molecule has 0 spiro atoms. The van der Waals surface area contributed by atoms with E-state index in [1.54, 1.807) is 34.3 Å². The first kappa shape index (κ1) is 17.2. The molecule has 140 valence electrons. The maximum atomic E-state index is 13.3. The molecule has 0 fully saturated rings. The highest BCUT2D eigenvalue weighted by molar-refractivity contribution is 7.19. The molecule has 8 heteroatoms. The average molecular weight is 411 g/mol.